The van der Waals surface area contributed by atoms with Crippen molar-refractivity contribution in [2.24, 2.45) is 74.8 Å². The molecule has 53 heavy (non-hydrogen) atoms. The van der Waals surface area contributed by atoms with Crippen LogP contribution in [-0.4, -0.2) is 54.6 Å². The summed E-state index contributed by atoms with van der Waals surface area (Å²) in [4.78, 5) is 20.4. The van der Waals surface area contributed by atoms with E-state index >= 15 is 0 Å². The number of aromatic nitrogens is 2. The zero-order chi connectivity index (χ0) is 38.5. The van der Waals surface area contributed by atoms with E-state index in [9.17, 15) is 4.91 Å². The quantitative estimate of drug-likeness (QED) is 0.0453. The number of rotatable bonds is 22. The summed E-state index contributed by atoms with van der Waals surface area (Å²) < 4.78 is 6.60. The van der Waals surface area contributed by atoms with Crippen molar-refractivity contribution in [1.82, 2.24) is 20.6 Å². The van der Waals surface area contributed by atoms with E-state index in [1.807, 2.05) is 20.0 Å². The third-order valence-corrected chi connectivity index (χ3v) is 15.3. The first-order chi connectivity index (χ1) is 25.6. The van der Waals surface area contributed by atoms with E-state index in [4.69, 9.17) is 16.2 Å². The molecule has 11 unspecified atom stereocenters. The summed E-state index contributed by atoms with van der Waals surface area (Å²) >= 11 is 0. The summed E-state index contributed by atoms with van der Waals surface area (Å²) in [6, 6.07) is 0. The Morgan fingerprint density at radius 1 is 0.925 bits per heavy atom. The molecule has 306 valence electrons. The van der Waals surface area contributed by atoms with Crippen LogP contribution < -0.4 is 22.1 Å². The number of nitrogens with two attached hydrogens (primary N) is 2. The van der Waals surface area contributed by atoms with Crippen LogP contribution in [0, 0.1) is 63.1 Å². The van der Waals surface area contributed by atoms with Gasteiger partial charge >= 0.3 is 0 Å². The highest BCUT2D eigenvalue weighted by Crippen LogP contribution is 2.69. The molecule has 0 bridgehead atoms. The Morgan fingerprint density at radius 2 is 1.66 bits per heavy atom. The second kappa shape index (κ2) is 21.2. The largest absolute Gasteiger partial charge is 0.350 e. The van der Waals surface area contributed by atoms with Gasteiger partial charge < -0.3 is 31.8 Å². The number of nitroso groups, excluding NO2 is 1. The molecule has 0 aromatic carbocycles. The Kier molecular flexibility index (Phi) is 17.7. The minimum Gasteiger partial charge on any atom is -0.350 e. The van der Waals surface area contributed by atoms with Crippen molar-refractivity contribution in [1.29, 1.82) is 0 Å². The zero-order valence-corrected chi connectivity index (χ0v) is 35.3. The van der Waals surface area contributed by atoms with Crippen LogP contribution in [0.25, 0.3) is 0 Å². The normalized spacial score (nSPS) is 33.2. The van der Waals surface area contributed by atoms with Crippen LogP contribution in [0.5, 0.6) is 0 Å². The highest BCUT2D eigenvalue weighted by atomic mass is 16.5. The average molecular weight is 742 g/mol. The summed E-state index contributed by atoms with van der Waals surface area (Å²) in [5.74, 6) is 5.97. The SMILES string of the molecule is CC.CC(C)CCC(C)C1CCC2C3CCC4CC(C(CCCC(NCCCN)NCCc5cnc[nH]5)(N=O)OCCCN)CCC4(C)C3CCC12C. The number of imidazole rings is 1. The second-order valence-corrected chi connectivity index (χ2v) is 18.6. The minimum absolute atomic E-state index is 0.142. The molecule has 0 aliphatic heterocycles. The first kappa shape index (κ1) is 44.3. The topological polar surface area (TPSA) is 143 Å². The maximum absolute atomic E-state index is 13.0. The number of H-pyrrole nitrogens is 1. The molecule has 4 aliphatic carbocycles. The molecule has 0 spiro atoms. The van der Waals surface area contributed by atoms with Gasteiger partial charge in [0.15, 0.2) is 0 Å². The van der Waals surface area contributed by atoms with Crippen molar-refractivity contribution in [2.75, 3.05) is 32.8 Å². The fraction of sp³-hybridized carbons (Fsp3) is 0.932. The summed E-state index contributed by atoms with van der Waals surface area (Å²) in [5.41, 5.74) is 12.8. The van der Waals surface area contributed by atoms with Gasteiger partial charge in [0, 0.05) is 37.2 Å². The van der Waals surface area contributed by atoms with Crippen molar-refractivity contribution in [3.8, 4) is 0 Å². The monoisotopic (exact) mass is 742 g/mol. The van der Waals surface area contributed by atoms with Crippen LogP contribution in [-0.2, 0) is 11.2 Å². The predicted octanol–water partition coefficient (Wildman–Crippen LogP) is 9.18. The van der Waals surface area contributed by atoms with E-state index < -0.39 is 5.72 Å². The molecule has 11 atom stereocenters. The summed E-state index contributed by atoms with van der Waals surface area (Å²) in [6.45, 7) is 20.2. The van der Waals surface area contributed by atoms with Gasteiger partial charge in [0.1, 0.15) is 0 Å². The molecular weight excluding hydrogens is 659 g/mol. The molecule has 1 heterocycles. The highest BCUT2D eigenvalue weighted by molar-refractivity contribution is 5.10. The maximum atomic E-state index is 13.0. The van der Waals surface area contributed by atoms with Gasteiger partial charge in [-0.05, 0) is 161 Å². The van der Waals surface area contributed by atoms with Crippen molar-refractivity contribution in [3.05, 3.63) is 23.1 Å². The first-order valence-electron chi connectivity index (χ1n) is 22.4. The third kappa shape index (κ3) is 10.7. The van der Waals surface area contributed by atoms with Crippen LogP contribution in [0.4, 0.5) is 0 Å². The number of ether oxygens (including phenoxy) is 1. The Balaban J connectivity index is 0.00000308. The molecule has 9 heteroatoms. The maximum Gasteiger partial charge on any atom is 0.202 e. The average Bonchev–Trinajstić information content (AvgIpc) is 3.81. The molecule has 0 radical (unpaired) electrons. The lowest BCUT2D eigenvalue weighted by molar-refractivity contribution is -0.156. The van der Waals surface area contributed by atoms with Gasteiger partial charge in [0.2, 0.25) is 5.72 Å². The molecular formula is C44H83N7O2. The van der Waals surface area contributed by atoms with Gasteiger partial charge in [0.25, 0.3) is 0 Å². The van der Waals surface area contributed by atoms with Crippen molar-refractivity contribution < 1.29 is 4.74 Å². The molecule has 4 fully saturated rings. The number of hydrogen-bond acceptors (Lipinski definition) is 8. The van der Waals surface area contributed by atoms with Crippen LogP contribution in [0.2, 0.25) is 0 Å². The third-order valence-electron chi connectivity index (χ3n) is 15.3. The Labute approximate surface area is 324 Å². The van der Waals surface area contributed by atoms with E-state index in [2.05, 4.69) is 60.4 Å². The molecule has 0 saturated heterocycles. The Morgan fingerprint density at radius 3 is 2.36 bits per heavy atom. The Hall–Kier alpha value is -1.39. The lowest BCUT2D eigenvalue weighted by Gasteiger charge is -2.62. The molecule has 9 nitrogen and oxygen atoms in total. The van der Waals surface area contributed by atoms with Gasteiger partial charge in [-0.3, -0.25) is 0 Å². The van der Waals surface area contributed by atoms with Crippen molar-refractivity contribution in [2.45, 2.75) is 170 Å². The summed E-state index contributed by atoms with van der Waals surface area (Å²) in [7, 11) is 0. The van der Waals surface area contributed by atoms with Gasteiger partial charge in [-0.2, -0.15) is 0 Å². The van der Waals surface area contributed by atoms with Crippen LogP contribution in [0.15, 0.2) is 17.7 Å². The smallest absolute Gasteiger partial charge is 0.202 e. The number of aromatic amines is 1. The number of hydrogen-bond donors (Lipinski definition) is 5. The lowest BCUT2D eigenvalue weighted by Crippen LogP contribution is -2.55. The molecule has 0 amide bonds. The van der Waals surface area contributed by atoms with Gasteiger partial charge in [-0.25, -0.2) is 4.98 Å². The minimum atomic E-state index is -0.971. The molecule has 4 saturated carbocycles. The Bertz CT molecular complexity index is 1170. The standard InChI is InChI=1S/C42H77N7O2.C2H6/c1-30(2)10-11-31(3)36-14-15-37-35-13-12-32-27-33(16-20-40(32,4)38(35)17-21-41(36,37)5)42(49-50,51-26-8-23-44)19-6-9-39(46-24-7-22-43)47-25-18-34-28-45-29-48-34;1-2/h28-33,35-39,46-47H,6-27,43-44H2,1-5H3,(H,45,48);1-2H3. The predicted molar refractivity (Wildman–Crippen MR) is 221 cm³/mol. The lowest BCUT2D eigenvalue weighted by atomic mass is 9.43. The second-order valence-electron chi connectivity index (χ2n) is 18.6. The number of nitrogens with zero attached hydrogens (tertiary/aromatic N) is 2. The van der Waals surface area contributed by atoms with E-state index in [0.29, 0.717) is 42.9 Å². The molecule has 4 aliphatic rings. The van der Waals surface area contributed by atoms with Crippen LogP contribution in [0.3, 0.4) is 0 Å². The highest BCUT2D eigenvalue weighted by Gasteiger charge is 2.61. The van der Waals surface area contributed by atoms with Crippen LogP contribution >= 0.6 is 0 Å². The summed E-state index contributed by atoms with van der Waals surface area (Å²) in [5, 5.41) is 11.3. The van der Waals surface area contributed by atoms with Gasteiger partial charge in [-0.1, -0.05) is 61.3 Å². The van der Waals surface area contributed by atoms with Crippen molar-refractivity contribution >= 4 is 0 Å². The molecule has 5 rings (SSSR count). The van der Waals surface area contributed by atoms with E-state index in [1.54, 1.807) is 6.33 Å². The molecule has 1 aromatic rings. The van der Waals surface area contributed by atoms with Crippen LogP contribution in [0.1, 0.15) is 157 Å². The molecule has 7 N–H and O–H groups in total. The number of nitrogens with one attached hydrogen (secondary N) is 3. The molecule has 1 aromatic heterocycles. The van der Waals surface area contributed by atoms with E-state index in [0.717, 1.165) is 99.2 Å². The van der Waals surface area contributed by atoms with E-state index in [-0.39, 0.29) is 12.1 Å². The zero-order valence-electron chi connectivity index (χ0n) is 35.3. The fourth-order valence-corrected chi connectivity index (χ4v) is 12.3. The van der Waals surface area contributed by atoms with Crippen molar-refractivity contribution in [3.63, 3.8) is 0 Å². The fourth-order valence-electron chi connectivity index (χ4n) is 12.3. The first-order valence-corrected chi connectivity index (χ1v) is 22.4. The van der Waals surface area contributed by atoms with E-state index in [1.165, 1.54) is 57.8 Å². The van der Waals surface area contributed by atoms with Gasteiger partial charge in [-0.15, -0.1) is 4.91 Å². The van der Waals surface area contributed by atoms with Gasteiger partial charge in [0.05, 0.1) is 19.1 Å². The summed E-state index contributed by atoms with van der Waals surface area (Å²) in [6.07, 6.45) is 23.2. The number of fused-ring (bicyclic) bond motifs is 5.